The molecule has 0 amide bonds. The minimum atomic E-state index is -0.827. The topological polar surface area (TPSA) is 55.7 Å². The molecule has 4 nitrogen and oxygen atoms in total. The molecule has 1 rings (SSSR count). The third kappa shape index (κ3) is 2.80. The van der Waals surface area contributed by atoms with E-state index < -0.39 is 17.5 Å². The number of aliphatic imine (C=N–C) groups is 1. The van der Waals surface area contributed by atoms with E-state index in [1.54, 1.807) is 20.8 Å². The molecule has 4 heteroatoms. The monoisotopic (exact) mass is 195 g/mol. The zero-order valence-corrected chi connectivity index (χ0v) is 8.48. The van der Waals surface area contributed by atoms with Gasteiger partial charge in [0.1, 0.15) is 11.5 Å². The standard InChI is InChI=1S/C10H13NO3/c1-10(2,3)14-9(13)7-4-5-11-6-8(7)12/h4-7H,1-3H3. The van der Waals surface area contributed by atoms with Gasteiger partial charge in [0.25, 0.3) is 0 Å². The van der Waals surface area contributed by atoms with Crippen LogP contribution in [-0.4, -0.2) is 23.6 Å². The Balaban J connectivity index is 2.66. The Morgan fingerprint density at radius 2 is 2.14 bits per heavy atom. The second-order valence-electron chi connectivity index (χ2n) is 4.03. The summed E-state index contributed by atoms with van der Waals surface area (Å²) in [4.78, 5) is 26.3. The van der Waals surface area contributed by atoms with Crippen molar-refractivity contribution < 1.29 is 14.3 Å². The second kappa shape index (κ2) is 3.74. The fourth-order valence-corrected chi connectivity index (χ4v) is 0.987. The molecular weight excluding hydrogens is 182 g/mol. The smallest absolute Gasteiger partial charge is 0.321 e. The second-order valence-corrected chi connectivity index (χ2v) is 4.03. The van der Waals surface area contributed by atoms with E-state index in [1.165, 1.54) is 12.3 Å². The fraction of sp³-hybridized carbons (Fsp3) is 0.500. The van der Waals surface area contributed by atoms with E-state index in [-0.39, 0.29) is 5.78 Å². The van der Waals surface area contributed by atoms with Crippen molar-refractivity contribution in [1.29, 1.82) is 0 Å². The van der Waals surface area contributed by atoms with Gasteiger partial charge in [0.05, 0.1) is 6.21 Å². The molecule has 0 aromatic carbocycles. The Morgan fingerprint density at radius 1 is 1.50 bits per heavy atom. The van der Waals surface area contributed by atoms with E-state index >= 15 is 0 Å². The number of rotatable bonds is 1. The summed E-state index contributed by atoms with van der Waals surface area (Å²) in [5.41, 5.74) is -0.570. The Kier molecular flexibility index (Phi) is 2.84. The lowest BCUT2D eigenvalue weighted by Crippen LogP contribution is -2.32. The van der Waals surface area contributed by atoms with Crippen LogP contribution in [0.4, 0.5) is 0 Å². The van der Waals surface area contributed by atoms with Crippen LogP contribution in [0.1, 0.15) is 20.8 Å². The lowest BCUT2D eigenvalue weighted by atomic mass is 10.0. The SMILES string of the molecule is CC(C)(C)OC(=O)C1C=CN=CC1=O. The first kappa shape index (κ1) is 10.6. The molecule has 1 aliphatic heterocycles. The van der Waals surface area contributed by atoms with E-state index in [4.69, 9.17) is 4.74 Å². The van der Waals surface area contributed by atoms with Crippen LogP contribution >= 0.6 is 0 Å². The quantitative estimate of drug-likeness (QED) is 0.465. The molecule has 1 unspecified atom stereocenters. The molecule has 14 heavy (non-hydrogen) atoms. The molecule has 1 atom stereocenters. The molecule has 0 saturated carbocycles. The summed E-state index contributed by atoms with van der Waals surface area (Å²) < 4.78 is 5.07. The summed E-state index contributed by atoms with van der Waals surface area (Å²) in [6.45, 7) is 5.28. The summed E-state index contributed by atoms with van der Waals surface area (Å²) in [6.07, 6.45) is 4.00. The van der Waals surface area contributed by atoms with Crippen molar-refractivity contribution in [3.05, 3.63) is 12.3 Å². The third-order valence-corrected chi connectivity index (χ3v) is 1.53. The average Bonchev–Trinajstić information content (AvgIpc) is 2.01. The molecule has 1 aliphatic rings. The Labute approximate surface area is 82.7 Å². The third-order valence-electron chi connectivity index (χ3n) is 1.53. The maximum absolute atomic E-state index is 11.5. The van der Waals surface area contributed by atoms with Gasteiger partial charge in [-0.05, 0) is 26.8 Å². The molecular formula is C10H13NO3. The Bertz CT molecular complexity index is 310. The predicted octanol–water partition coefficient (Wildman–Crippen LogP) is 1.11. The highest BCUT2D eigenvalue weighted by atomic mass is 16.6. The van der Waals surface area contributed by atoms with Gasteiger partial charge in [0, 0.05) is 6.20 Å². The van der Waals surface area contributed by atoms with E-state index in [1.807, 2.05) is 0 Å². The lowest BCUT2D eigenvalue weighted by molar-refractivity contribution is -0.159. The molecule has 0 aromatic heterocycles. The maximum atomic E-state index is 11.5. The molecule has 0 bridgehead atoms. The predicted molar refractivity (Wildman–Crippen MR) is 52.0 cm³/mol. The van der Waals surface area contributed by atoms with Crippen LogP contribution in [0.2, 0.25) is 0 Å². The molecule has 76 valence electrons. The number of hydrogen-bond acceptors (Lipinski definition) is 4. The van der Waals surface area contributed by atoms with Crippen LogP contribution in [0.3, 0.4) is 0 Å². The number of carbonyl (C=O) groups is 2. The van der Waals surface area contributed by atoms with Gasteiger partial charge in [0.2, 0.25) is 0 Å². The largest absolute Gasteiger partial charge is 0.459 e. The average molecular weight is 195 g/mol. The molecule has 0 N–H and O–H groups in total. The van der Waals surface area contributed by atoms with Crippen molar-refractivity contribution in [3.63, 3.8) is 0 Å². The lowest BCUT2D eigenvalue weighted by Gasteiger charge is -2.21. The van der Waals surface area contributed by atoms with E-state index in [0.717, 1.165) is 6.21 Å². The van der Waals surface area contributed by atoms with Crippen LogP contribution in [0.5, 0.6) is 0 Å². The number of carbonyl (C=O) groups excluding carboxylic acids is 2. The van der Waals surface area contributed by atoms with Crippen LogP contribution in [0.15, 0.2) is 17.3 Å². The number of hydrogen-bond donors (Lipinski definition) is 0. The van der Waals surface area contributed by atoms with Crippen molar-refractivity contribution in [1.82, 2.24) is 0 Å². The highest BCUT2D eigenvalue weighted by Crippen LogP contribution is 2.14. The Morgan fingerprint density at radius 3 is 2.64 bits per heavy atom. The summed E-state index contributed by atoms with van der Waals surface area (Å²) >= 11 is 0. The first-order chi connectivity index (χ1) is 6.40. The van der Waals surface area contributed by atoms with Gasteiger partial charge in [-0.15, -0.1) is 0 Å². The normalized spacial score (nSPS) is 21.1. The van der Waals surface area contributed by atoms with Crippen LogP contribution in [0.25, 0.3) is 0 Å². The molecule has 0 saturated heterocycles. The van der Waals surface area contributed by atoms with Crippen molar-refractivity contribution in [2.45, 2.75) is 26.4 Å². The van der Waals surface area contributed by atoms with Crippen LogP contribution in [0, 0.1) is 5.92 Å². The van der Waals surface area contributed by atoms with E-state index in [9.17, 15) is 9.59 Å². The summed E-state index contributed by atoms with van der Waals surface area (Å²) in [7, 11) is 0. The van der Waals surface area contributed by atoms with Crippen molar-refractivity contribution in [3.8, 4) is 0 Å². The van der Waals surface area contributed by atoms with Gasteiger partial charge in [-0.25, -0.2) is 0 Å². The van der Waals surface area contributed by atoms with Gasteiger partial charge >= 0.3 is 5.97 Å². The number of esters is 1. The zero-order valence-electron chi connectivity index (χ0n) is 8.48. The minimum Gasteiger partial charge on any atom is -0.459 e. The maximum Gasteiger partial charge on any atom is 0.321 e. The van der Waals surface area contributed by atoms with Crippen molar-refractivity contribution in [2.24, 2.45) is 10.9 Å². The fourth-order valence-electron chi connectivity index (χ4n) is 0.987. The van der Waals surface area contributed by atoms with Gasteiger partial charge in [-0.3, -0.25) is 14.6 Å². The number of ether oxygens (including phenoxy) is 1. The number of ketones is 1. The van der Waals surface area contributed by atoms with Gasteiger partial charge < -0.3 is 4.74 Å². The first-order valence-electron chi connectivity index (χ1n) is 4.37. The van der Waals surface area contributed by atoms with Gasteiger partial charge in [0.15, 0.2) is 5.78 Å². The highest BCUT2D eigenvalue weighted by molar-refractivity contribution is 6.34. The molecule has 0 aliphatic carbocycles. The molecule has 0 spiro atoms. The van der Waals surface area contributed by atoms with Gasteiger partial charge in [-0.1, -0.05) is 0 Å². The minimum absolute atomic E-state index is 0.332. The summed E-state index contributed by atoms with van der Waals surface area (Å²) in [6, 6.07) is 0. The first-order valence-corrected chi connectivity index (χ1v) is 4.37. The van der Waals surface area contributed by atoms with E-state index in [0.29, 0.717) is 0 Å². The number of Topliss-reactive ketones (excluding diaryl/α,β-unsaturated/α-hetero) is 1. The van der Waals surface area contributed by atoms with E-state index in [2.05, 4.69) is 4.99 Å². The summed E-state index contributed by atoms with van der Waals surface area (Å²) in [5.74, 6) is -1.68. The van der Waals surface area contributed by atoms with Crippen LogP contribution < -0.4 is 0 Å². The van der Waals surface area contributed by atoms with Crippen LogP contribution in [-0.2, 0) is 14.3 Å². The molecule has 0 aromatic rings. The highest BCUT2D eigenvalue weighted by Gasteiger charge is 2.28. The van der Waals surface area contributed by atoms with Crippen molar-refractivity contribution >= 4 is 18.0 Å². The van der Waals surface area contributed by atoms with Gasteiger partial charge in [-0.2, -0.15) is 0 Å². The molecule has 1 heterocycles. The van der Waals surface area contributed by atoms with Crippen molar-refractivity contribution in [2.75, 3.05) is 0 Å². The Hall–Kier alpha value is -1.45. The zero-order chi connectivity index (χ0) is 10.8. The summed E-state index contributed by atoms with van der Waals surface area (Å²) in [5, 5.41) is 0. The molecule has 0 radical (unpaired) electrons. The molecule has 0 fully saturated rings. The number of nitrogens with zero attached hydrogens (tertiary/aromatic N) is 1.